The van der Waals surface area contributed by atoms with E-state index in [0.29, 0.717) is 10.9 Å². The highest BCUT2D eigenvalue weighted by molar-refractivity contribution is 6.29. The van der Waals surface area contributed by atoms with Crippen LogP contribution < -0.4 is 4.57 Å². The monoisotopic (exact) mass is 481 g/mol. The molecule has 0 amide bonds. The zero-order chi connectivity index (χ0) is 25.1. The molecular weight excluding hydrogens is 457 g/mol. The first kappa shape index (κ1) is 21.4. The van der Waals surface area contributed by atoms with Gasteiger partial charge in [0, 0.05) is 16.8 Å². The first-order valence-electron chi connectivity index (χ1n) is 12.2. The molecule has 0 aliphatic rings. The van der Waals surface area contributed by atoms with Crippen LogP contribution in [0.5, 0.6) is 0 Å². The predicted octanol–water partition coefficient (Wildman–Crippen LogP) is 8.42. The number of alkyl halides is 3. The van der Waals surface area contributed by atoms with Crippen LogP contribution in [0.2, 0.25) is 0 Å². The summed E-state index contributed by atoms with van der Waals surface area (Å²) in [5.41, 5.74) is 5.23. The Bertz CT molecular complexity index is 2030. The van der Waals surface area contributed by atoms with Crippen molar-refractivity contribution in [2.45, 2.75) is 32.9 Å². The summed E-state index contributed by atoms with van der Waals surface area (Å²) in [5.74, 6) is 0.164. The number of fused-ring (bicyclic) bond motifs is 7. The molecule has 0 spiro atoms. The minimum Gasteiger partial charge on any atom is -0.307 e. The zero-order valence-corrected chi connectivity index (χ0v) is 20.5. The van der Waals surface area contributed by atoms with Crippen molar-refractivity contribution in [3.05, 3.63) is 83.6 Å². The van der Waals surface area contributed by atoms with Crippen LogP contribution in [0.25, 0.3) is 59.8 Å². The van der Waals surface area contributed by atoms with Crippen LogP contribution in [-0.4, -0.2) is 4.40 Å². The quantitative estimate of drug-likeness (QED) is 0.126. The fourth-order valence-electron chi connectivity index (χ4n) is 6.50. The highest BCUT2D eigenvalue weighted by Gasteiger charge is 2.35. The summed E-state index contributed by atoms with van der Waals surface area (Å²) in [6.07, 6.45) is -2.40. The van der Waals surface area contributed by atoms with Crippen molar-refractivity contribution in [3.8, 4) is 0 Å². The summed E-state index contributed by atoms with van der Waals surface area (Å²) >= 11 is 0. The summed E-state index contributed by atoms with van der Waals surface area (Å²) in [7, 11) is 2.03. The Morgan fingerprint density at radius 2 is 1.53 bits per heavy atom. The van der Waals surface area contributed by atoms with E-state index in [4.69, 9.17) is 0 Å². The summed E-state index contributed by atoms with van der Waals surface area (Å²) in [4.78, 5) is 0. The molecule has 3 heterocycles. The van der Waals surface area contributed by atoms with E-state index in [2.05, 4.69) is 60.2 Å². The van der Waals surface area contributed by atoms with E-state index in [1.807, 2.05) is 31.3 Å². The third-order valence-corrected chi connectivity index (χ3v) is 7.89. The molecule has 0 aliphatic carbocycles. The van der Waals surface area contributed by atoms with Crippen molar-refractivity contribution < 1.29 is 17.7 Å². The lowest BCUT2D eigenvalue weighted by Crippen LogP contribution is -2.29. The third kappa shape index (κ3) is 2.50. The summed E-state index contributed by atoms with van der Waals surface area (Å²) in [6.45, 7) is 6.48. The maximum Gasteiger partial charge on any atom is 0.417 e. The molecule has 36 heavy (non-hydrogen) atoms. The summed E-state index contributed by atoms with van der Waals surface area (Å²) in [6, 6.07) is 18.9. The second-order valence-corrected chi connectivity index (χ2v) is 10.2. The maximum absolute atomic E-state index is 14.3. The number of hydrogen-bond acceptors (Lipinski definition) is 0. The number of rotatable bonds is 1. The van der Waals surface area contributed by atoms with Crippen molar-refractivity contribution in [2.75, 3.05) is 0 Å². The topological polar surface area (TPSA) is 8.29 Å². The van der Waals surface area contributed by atoms with E-state index in [1.165, 1.54) is 17.5 Å². The second-order valence-electron chi connectivity index (χ2n) is 10.2. The van der Waals surface area contributed by atoms with Crippen LogP contribution in [-0.2, 0) is 13.2 Å². The maximum atomic E-state index is 14.3. The van der Waals surface area contributed by atoms with Gasteiger partial charge in [0.05, 0.1) is 32.9 Å². The van der Waals surface area contributed by atoms with Gasteiger partial charge in [-0.05, 0) is 52.3 Å². The van der Waals surface area contributed by atoms with Crippen LogP contribution >= 0.6 is 0 Å². The van der Waals surface area contributed by atoms with Gasteiger partial charge >= 0.3 is 6.18 Å². The number of hydrogen-bond donors (Lipinski definition) is 0. The van der Waals surface area contributed by atoms with E-state index >= 15 is 0 Å². The molecule has 4 aromatic carbocycles. The second kappa shape index (κ2) is 6.88. The molecule has 0 bridgehead atoms. The van der Waals surface area contributed by atoms with Gasteiger partial charge in [0.25, 0.3) is 0 Å². The van der Waals surface area contributed by atoms with Crippen LogP contribution in [0, 0.1) is 6.92 Å². The number of pyridine rings is 2. The number of aryl methyl sites for hydroxylation is 2. The molecule has 7 rings (SSSR count). The van der Waals surface area contributed by atoms with E-state index in [-0.39, 0.29) is 11.3 Å². The minimum atomic E-state index is -4.45. The van der Waals surface area contributed by atoms with Gasteiger partial charge in [-0.2, -0.15) is 13.2 Å². The summed E-state index contributed by atoms with van der Waals surface area (Å²) in [5, 5.41) is 6.37. The molecule has 178 valence electrons. The van der Waals surface area contributed by atoms with Gasteiger partial charge in [-0.1, -0.05) is 56.3 Å². The lowest BCUT2D eigenvalue weighted by molar-refractivity contribution is -0.643. The third-order valence-electron chi connectivity index (χ3n) is 7.89. The number of benzene rings is 4. The number of halogens is 3. The van der Waals surface area contributed by atoms with Gasteiger partial charge in [-0.3, -0.25) is 0 Å². The predicted molar refractivity (Wildman–Crippen MR) is 141 cm³/mol. The molecular formula is C31H24F3N2+. The number of nitrogens with zero attached hydrogens (tertiary/aromatic N) is 2. The zero-order valence-electron chi connectivity index (χ0n) is 20.5. The van der Waals surface area contributed by atoms with Gasteiger partial charge < -0.3 is 4.40 Å². The largest absolute Gasteiger partial charge is 0.417 e. The van der Waals surface area contributed by atoms with Crippen LogP contribution in [0.4, 0.5) is 13.2 Å². The molecule has 0 saturated carbocycles. The van der Waals surface area contributed by atoms with E-state index in [9.17, 15) is 13.2 Å². The van der Waals surface area contributed by atoms with Gasteiger partial charge in [0.15, 0.2) is 6.20 Å². The molecule has 7 aromatic rings. The lowest BCUT2D eigenvalue weighted by Gasteiger charge is -2.20. The Hall–Kier alpha value is -3.86. The van der Waals surface area contributed by atoms with Crippen LogP contribution in [0.1, 0.15) is 36.5 Å². The Balaban J connectivity index is 1.97. The standard InChI is InChI=1S/C31H24F3N2/c1-16(2)24-20-9-6-5-8-19(20)17(3)25-29-26-18(14-15-35(29)4)12-13-21-27-22(31(32,33)34)10-7-11-23(27)36(28(21)26)30(24)25/h5-16H,1-4H3/q+1. The molecule has 0 saturated heterocycles. The molecule has 0 atom stereocenters. The molecule has 2 nitrogen and oxygen atoms in total. The molecule has 0 N–H and O–H groups in total. The van der Waals surface area contributed by atoms with E-state index in [1.54, 1.807) is 0 Å². The first-order valence-corrected chi connectivity index (χ1v) is 12.2. The molecule has 0 aliphatic heterocycles. The van der Waals surface area contributed by atoms with Gasteiger partial charge in [-0.15, -0.1) is 0 Å². The lowest BCUT2D eigenvalue weighted by atomic mass is 9.88. The van der Waals surface area contributed by atoms with Crippen molar-refractivity contribution in [1.29, 1.82) is 0 Å². The molecule has 0 unspecified atom stereocenters. The van der Waals surface area contributed by atoms with E-state index in [0.717, 1.165) is 49.2 Å². The average molecular weight is 482 g/mol. The molecule has 3 aromatic heterocycles. The molecule has 0 fully saturated rings. The summed E-state index contributed by atoms with van der Waals surface area (Å²) < 4.78 is 47.2. The van der Waals surface area contributed by atoms with Crippen molar-refractivity contribution >= 4 is 59.8 Å². The number of aromatic nitrogens is 2. The fourth-order valence-corrected chi connectivity index (χ4v) is 6.50. The van der Waals surface area contributed by atoms with Gasteiger partial charge in [0.1, 0.15) is 7.05 Å². The van der Waals surface area contributed by atoms with Crippen molar-refractivity contribution in [1.82, 2.24) is 4.40 Å². The smallest absolute Gasteiger partial charge is 0.307 e. The van der Waals surface area contributed by atoms with Gasteiger partial charge in [-0.25, -0.2) is 4.57 Å². The highest BCUT2D eigenvalue weighted by atomic mass is 19.4. The molecule has 0 radical (unpaired) electrons. The van der Waals surface area contributed by atoms with E-state index < -0.39 is 11.7 Å². The SMILES string of the molecule is Cc1c2ccccc2c(C(C)C)c2c1c1c3c(ccc4c5c(C(F)(F)F)cccc5n2c43)cc[n+]1C. The van der Waals surface area contributed by atoms with Crippen molar-refractivity contribution in [3.63, 3.8) is 0 Å². The Morgan fingerprint density at radius 3 is 2.25 bits per heavy atom. The Kier molecular flexibility index (Phi) is 4.09. The first-order chi connectivity index (χ1) is 17.2. The van der Waals surface area contributed by atoms with Crippen molar-refractivity contribution in [2.24, 2.45) is 7.05 Å². The normalized spacial score (nSPS) is 13.1. The minimum absolute atomic E-state index is 0.164. The van der Waals surface area contributed by atoms with Crippen LogP contribution in [0.15, 0.2) is 66.9 Å². The molecule has 5 heteroatoms. The van der Waals surface area contributed by atoms with Crippen LogP contribution in [0.3, 0.4) is 0 Å². The fraction of sp³-hybridized carbons (Fsp3) is 0.194. The van der Waals surface area contributed by atoms with Gasteiger partial charge in [0.2, 0.25) is 5.52 Å². The average Bonchev–Trinajstić information content (AvgIpc) is 3.19. The Morgan fingerprint density at radius 1 is 0.778 bits per heavy atom. The highest BCUT2D eigenvalue weighted by Crippen LogP contribution is 2.47. The Labute approximate surface area is 205 Å².